The first-order chi connectivity index (χ1) is 8.84. The second-order valence-corrected chi connectivity index (χ2v) is 7.06. The van der Waals surface area contributed by atoms with Crippen molar-refractivity contribution in [2.24, 2.45) is 0 Å². The maximum absolute atomic E-state index is 13.3. The molecule has 0 aliphatic carbocycles. The Hall–Kier alpha value is -0.550. The molecule has 1 heterocycles. The topological polar surface area (TPSA) is 0 Å². The molecule has 2 aromatic rings. The van der Waals surface area contributed by atoms with Gasteiger partial charge in [-0.05, 0) is 18.1 Å². The molecule has 112 valence electrons. The molecule has 0 nitrogen and oxygen atoms in total. The van der Waals surface area contributed by atoms with Gasteiger partial charge in [-0.25, -0.2) is 0 Å². The number of alkyl halides is 3. The van der Waals surface area contributed by atoms with Gasteiger partial charge in [-0.15, -0.1) is 13.2 Å². The summed E-state index contributed by atoms with van der Waals surface area (Å²) in [6.07, 6.45) is 1.78. The van der Waals surface area contributed by atoms with Crippen LogP contribution >= 0.6 is 10.5 Å². The molecule has 0 saturated heterocycles. The summed E-state index contributed by atoms with van der Waals surface area (Å²) < 4.78 is 40.5. The summed E-state index contributed by atoms with van der Waals surface area (Å²) in [5, 5.41) is 0.740. The van der Waals surface area contributed by atoms with Crippen molar-refractivity contribution >= 4 is 20.6 Å². The Morgan fingerprint density at radius 1 is 1.15 bits per heavy atom. The van der Waals surface area contributed by atoms with Crippen LogP contribution in [0.2, 0.25) is 0 Å². The Balaban J connectivity index is 0.00000200. The largest absolute Gasteiger partial charge is 1.00 e. The van der Waals surface area contributed by atoms with Gasteiger partial charge in [-0.1, -0.05) is 33.3 Å². The van der Waals surface area contributed by atoms with E-state index < -0.39 is 16.0 Å². The zero-order valence-corrected chi connectivity index (χ0v) is 14.1. The number of hydrogen-bond acceptors (Lipinski definition) is 0. The molecule has 20 heavy (non-hydrogen) atoms. The number of hydrogen-bond donors (Lipinski definition) is 0. The molecule has 0 saturated carbocycles. The second kappa shape index (κ2) is 6.48. The number of rotatable bonds is 3. The maximum atomic E-state index is 13.3. The fourth-order valence-electron chi connectivity index (χ4n) is 2.32. The monoisotopic (exact) mass is 366 g/mol. The van der Waals surface area contributed by atoms with Crippen molar-refractivity contribution in [2.45, 2.75) is 45.0 Å². The van der Waals surface area contributed by atoms with Crippen LogP contribution in [0.1, 0.15) is 43.6 Å². The van der Waals surface area contributed by atoms with Crippen molar-refractivity contribution < 1.29 is 30.2 Å². The van der Waals surface area contributed by atoms with Crippen molar-refractivity contribution in [3.05, 3.63) is 34.7 Å². The Labute approximate surface area is 130 Å². The minimum absolute atomic E-state index is 0. The highest BCUT2D eigenvalue weighted by Crippen LogP contribution is 2.53. The predicted molar refractivity (Wildman–Crippen MR) is 75.8 cm³/mol. The molecule has 0 aliphatic rings. The molecule has 1 unspecified atom stereocenters. The molecule has 1 aromatic heterocycles. The van der Waals surface area contributed by atoms with Gasteiger partial charge in [0.25, 0.3) is 0 Å². The van der Waals surface area contributed by atoms with Crippen LogP contribution in [0, 0.1) is 0 Å². The maximum Gasteiger partial charge on any atom is 0.600 e. The molecule has 2 rings (SSSR count). The third-order valence-corrected chi connectivity index (χ3v) is 5.49. The molecule has 0 bridgehead atoms. The molecule has 5 heteroatoms. The van der Waals surface area contributed by atoms with Gasteiger partial charge in [0.2, 0.25) is 0 Å². The number of fused-ring (bicyclic) bond motifs is 1. The van der Waals surface area contributed by atoms with Gasteiger partial charge in [0.1, 0.15) is 0 Å². The van der Waals surface area contributed by atoms with Crippen LogP contribution in [-0.2, 0) is 11.9 Å². The molecular weight excluding hydrogens is 349 g/mol. The lowest BCUT2D eigenvalue weighted by molar-refractivity contribution is -0.0868. The van der Waals surface area contributed by atoms with Crippen molar-refractivity contribution in [1.82, 2.24) is 0 Å². The van der Waals surface area contributed by atoms with E-state index in [0.29, 0.717) is 9.58 Å². The fraction of sp³-hybridized carbons (Fsp3) is 0.467. The van der Waals surface area contributed by atoms with E-state index in [1.165, 1.54) is 0 Å². The summed E-state index contributed by atoms with van der Waals surface area (Å²) in [6.45, 7) is 5.70. The van der Waals surface area contributed by atoms with E-state index in [0.717, 1.165) is 23.8 Å². The fourth-order valence-corrected chi connectivity index (χ4v) is 4.44. The van der Waals surface area contributed by atoms with Crippen LogP contribution in [0.5, 0.6) is 0 Å². The van der Waals surface area contributed by atoms with E-state index in [1.54, 1.807) is 12.1 Å². The van der Waals surface area contributed by atoms with Gasteiger partial charge in [-0.3, -0.25) is 0 Å². The first-order valence-corrected chi connectivity index (χ1v) is 7.72. The number of aryl methyl sites for hydroxylation is 1. The lowest BCUT2D eigenvalue weighted by atomic mass is 10.1. The average molecular weight is 367 g/mol. The normalized spacial score (nSPS) is 12.8. The van der Waals surface area contributed by atoms with Gasteiger partial charge >= 0.3 is 5.51 Å². The van der Waals surface area contributed by atoms with Crippen LogP contribution in [0.15, 0.2) is 24.3 Å². The van der Waals surface area contributed by atoms with E-state index in [-0.39, 0.29) is 22.9 Å². The van der Waals surface area contributed by atoms with E-state index in [9.17, 15) is 13.2 Å². The van der Waals surface area contributed by atoms with Crippen LogP contribution < -0.4 is 17.0 Å². The van der Waals surface area contributed by atoms with Crippen LogP contribution in [-0.4, -0.2) is 0 Å². The highest BCUT2D eigenvalue weighted by atomic mass is 79.9. The Morgan fingerprint density at radius 3 is 2.30 bits per heavy atom. The van der Waals surface area contributed by atoms with Crippen molar-refractivity contribution in [2.75, 3.05) is 0 Å². The molecule has 0 radical (unpaired) electrons. The van der Waals surface area contributed by atoms with Crippen LogP contribution in [0.25, 0.3) is 10.1 Å². The standard InChI is InChI=1S/C15H18F3S.BrH/c1-4-5-11-6-7-12-9-13(10(2)3)19(14(12)8-11)15(16,17)18;/h6-10H,4-5H2,1-3H3;1H/q+1;/p-1. The molecule has 0 N–H and O–H groups in total. The van der Waals surface area contributed by atoms with Gasteiger partial charge in [0, 0.05) is 23.4 Å². The molecule has 1 aromatic carbocycles. The van der Waals surface area contributed by atoms with Crippen molar-refractivity contribution in [1.29, 1.82) is 0 Å². The highest BCUT2D eigenvalue weighted by molar-refractivity contribution is 7.38. The zero-order chi connectivity index (χ0) is 14.2. The summed E-state index contributed by atoms with van der Waals surface area (Å²) >= 11 is 0. The van der Waals surface area contributed by atoms with Gasteiger partial charge in [0.05, 0.1) is 10.5 Å². The third-order valence-electron chi connectivity index (χ3n) is 3.17. The lowest BCUT2D eigenvalue weighted by Crippen LogP contribution is -3.00. The molecular formula is C15H18BrF3S. The smallest absolute Gasteiger partial charge is 0.600 e. The van der Waals surface area contributed by atoms with Crippen LogP contribution in [0.4, 0.5) is 13.2 Å². The first-order valence-electron chi connectivity index (χ1n) is 6.50. The second-order valence-electron chi connectivity index (χ2n) is 5.08. The third kappa shape index (κ3) is 3.37. The van der Waals surface area contributed by atoms with E-state index in [2.05, 4.69) is 0 Å². The van der Waals surface area contributed by atoms with Gasteiger partial charge < -0.3 is 17.0 Å². The van der Waals surface area contributed by atoms with Crippen molar-refractivity contribution in [3.63, 3.8) is 0 Å². The quantitative estimate of drug-likeness (QED) is 0.732. The van der Waals surface area contributed by atoms with Crippen LogP contribution in [0.3, 0.4) is 0 Å². The summed E-state index contributed by atoms with van der Waals surface area (Å²) in [5.74, 6) is -0.0769. The van der Waals surface area contributed by atoms with E-state index >= 15 is 0 Å². The van der Waals surface area contributed by atoms with E-state index in [4.69, 9.17) is 0 Å². The zero-order valence-electron chi connectivity index (χ0n) is 11.7. The molecule has 0 fully saturated rings. The minimum Gasteiger partial charge on any atom is -1.00 e. The molecule has 0 spiro atoms. The number of benzene rings is 1. The molecule has 0 aliphatic heterocycles. The summed E-state index contributed by atoms with van der Waals surface area (Å²) in [5.41, 5.74) is -3.17. The summed E-state index contributed by atoms with van der Waals surface area (Å²) in [4.78, 5) is 0.510. The van der Waals surface area contributed by atoms with Gasteiger partial charge in [-0.2, -0.15) is 0 Å². The lowest BCUT2D eigenvalue weighted by Gasteiger charge is -2.03. The van der Waals surface area contributed by atoms with Gasteiger partial charge in [0.15, 0.2) is 9.58 Å². The SMILES string of the molecule is CCCc1ccc2cc(C(C)C)[s+](C(F)(F)F)c2c1.[Br-]. The Bertz CT molecular complexity index is 585. The summed E-state index contributed by atoms with van der Waals surface area (Å²) in [6, 6.07) is 7.26. The Morgan fingerprint density at radius 2 is 1.80 bits per heavy atom. The van der Waals surface area contributed by atoms with Crippen molar-refractivity contribution in [3.8, 4) is 0 Å². The molecule has 1 atom stereocenters. The highest BCUT2D eigenvalue weighted by Gasteiger charge is 2.48. The summed E-state index contributed by atoms with van der Waals surface area (Å²) in [7, 11) is -1.74. The average Bonchev–Trinajstić information content (AvgIpc) is 2.67. The Kier molecular flexibility index (Phi) is 5.67. The van der Waals surface area contributed by atoms with E-state index in [1.807, 2.05) is 32.9 Å². The molecule has 0 amide bonds. The predicted octanol–water partition coefficient (Wildman–Crippen LogP) is 3.15. The minimum atomic E-state index is -4.17. The number of thiophene rings is 1. The number of halogens is 4. The first kappa shape index (κ1) is 17.5.